The fourth-order valence-electron chi connectivity index (χ4n) is 4.70. The molecule has 0 saturated heterocycles. The quantitative estimate of drug-likeness (QED) is 0.269. The summed E-state index contributed by atoms with van der Waals surface area (Å²) in [6, 6.07) is 23.9. The first-order valence-corrected chi connectivity index (χ1v) is 12.2. The Morgan fingerprint density at radius 3 is 2.50 bits per heavy atom. The van der Waals surface area contributed by atoms with Crippen molar-refractivity contribution >= 4 is 16.8 Å². The number of aromatic hydroxyl groups is 1. The Morgan fingerprint density at radius 1 is 1.02 bits per heavy atom. The molecule has 0 atom stereocenters. The van der Waals surface area contributed by atoms with Crippen LogP contribution in [0.2, 0.25) is 0 Å². The minimum Gasteiger partial charge on any atom is -0.506 e. The van der Waals surface area contributed by atoms with E-state index in [0.717, 1.165) is 5.69 Å². The maximum Gasteiger partial charge on any atom is 0.349 e. The third kappa shape index (κ3) is 4.04. The number of aryl methyl sites for hydroxylation is 1. The number of rotatable bonds is 4. The van der Waals surface area contributed by atoms with E-state index in [1.54, 1.807) is 48.1 Å². The molecule has 0 bridgehead atoms. The van der Waals surface area contributed by atoms with Gasteiger partial charge in [-0.15, -0.1) is 0 Å². The van der Waals surface area contributed by atoms with Crippen LogP contribution in [0.5, 0.6) is 5.75 Å². The van der Waals surface area contributed by atoms with Gasteiger partial charge in [-0.1, -0.05) is 30.3 Å². The molecule has 0 amide bonds. The van der Waals surface area contributed by atoms with Gasteiger partial charge in [0.05, 0.1) is 16.8 Å². The summed E-state index contributed by atoms with van der Waals surface area (Å²) >= 11 is 0. The fourth-order valence-corrected chi connectivity index (χ4v) is 4.70. The smallest absolute Gasteiger partial charge is 0.349 e. The SMILES string of the molecule is Cc1cccc2c(O)c(-c3cc(-c4cn(-c5ccccc5)nc4-c4ccc(F)cc4)c(C#N)c(N)n3)c(=O)oc12. The Hall–Kier alpha value is -5.75. The van der Waals surface area contributed by atoms with E-state index < -0.39 is 11.4 Å². The van der Waals surface area contributed by atoms with Gasteiger partial charge in [0, 0.05) is 22.9 Å². The number of nitrogens with zero attached hydrogens (tertiary/aromatic N) is 4. The number of hydrogen-bond donors (Lipinski definition) is 2. The number of nitrogens with two attached hydrogens (primary N) is 1. The minimum atomic E-state index is -0.805. The van der Waals surface area contributed by atoms with Gasteiger partial charge >= 0.3 is 5.63 Å². The van der Waals surface area contributed by atoms with Crippen LogP contribution in [-0.4, -0.2) is 19.9 Å². The lowest BCUT2D eigenvalue weighted by molar-refractivity contribution is 0.470. The van der Waals surface area contributed by atoms with Crippen molar-refractivity contribution in [3.05, 3.63) is 112 Å². The first kappa shape index (κ1) is 24.6. The number of fused-ring (bicyclic) bond motifs is 1. The van der Waals surface area contributed by atoms with Gasteiger partial charge in [-0.2, -0.15) is 10.4 Å². The highest BCUT2D eigenvalue weighted by Crippen LogP contribution is 2.40. The molecule has 3 heterocycles. The van der Waals surface area contributed by atoms with Crippen molar-refractivity contribution < 1.29 is 13.9 Å². The minimum absolute atomic E-state index is 0.0265. The molecule has 0 unspecified atom stereocenters. The molecule has 0 aliphatic carbocycles. The number of nitrogen functional groups attached to an aromatic ring is 1. The summed E-state index contributed by atoms with van der Waals surface area (Å²) in [7, 11) is 0. The maximum absolute atomic E-state index is 13.8. The number of pyridine rings is 1. The number of para-hydroxylation sites is 2. The van der Waals surface area contributed by atoms with E-state index in [2.05, 4.69) is 11.1 Å². The van der Waals surface area contributed by atoms with Gasteiger partial charge in [-0.05, 0) is 61.0 Å². The van der Waals surface area contributed by atoms with E-state index >= 15 is 0 Å². The van der Waals surface area contributed by atoms with Crippen LogP contribution in [0.25, 0.3) is 50.3 Å². The molecular weight excluding hydrogens is 509 g/mol. The Kier molecular flexibility index (Phi) is 5.85. The van der Waals surface area contributed by atoms with Crippen molar-refractivity contribution in [1.82, 2.24) is 14.8 Å². The number of halogens is 1. The van der Waals surface area contributed by atoms with Crippen LogP contribution in [0.1, 0.15) is 11.1 Å². The molecule has 0 spiro atoms. The largest absolute Gasteiger partial charge is 0.506 e. The van der Waals surface area contributed by atoms with Crippen LogP contribution in [-0.2, 0) is 0 Å². The molecule has 0 radical (unpaired) electrons. The standard InChI is InChI=1S/C31H20FN5O3/c1-17-6-5-9-21-28(38)26(31(39)40-29(17)21)25-14-22(23(15-33)30(34)35-25)24-16-37(20-7-3-2-4-8-20)36-27(24)18-10-12-19(32)13-11-18/h2-14,16,38H,1H3,(H2,34,35). The molecule has 8 nitrogen and oxygen atoms in total. The van der Waals surface area contributed by atoms with Crippen molar-refractivity contribution in [2.75, 3.05) is 5.73 Å². The van der Waals surface area contributed by atoms with Gasteiger partial charge in [0.15, 0.2) is 0 Å². The van der Waals surface area contributed by atoms with Gasteiger partial charge in [-0.25, -0.2) is 18.9 Å². The normalized spacial score (nSPS) is 11.0. The van der Waals surface area contributed by atoms with E-state index in [0.29, 0.717) is 33.3 Å². The summed E-state index contributed by atoms with van der Waals surface area (Å²) in [5.74, 6) is -0.860. The van der Waals surface area contributed by atoms with Gasteiger partial charge in [-0.3, -0.25) is 0 Å². The molecule has 194 valence electrons. The second-order valence-electron chi connectivity index (χ2n) is 9.17. The van der Waals surface area contributed by atoms with E-state index in [1.165, 1.54) is 18.2 Å². The lowest BCUT2D eigenvalue weighted by Gasteiger charge is -2.12. The highest BCUT2D eigenvalue weighted by Gasteiger charge is 2.24. The third-order valence-corrected chi connectivity index (χ3v) is 6.66. The Labute approximate surface area is 227 Å². The molecule has 0 aliphatic heterocycles. The summed E-state index contributed by atoms with van der Waals surface area (Å²) < 4.78 is 21.0. The van der Waals surface area contributed by atoms with Gasteiger partial charge < -0.3 is 15.3 Å². The monoisotopic (exact) mass is 529 g/mol. The summed E-state index contributed by atoms with van der Waals surface area (Å²) in [6.07, 6.45) is 1.72. The predicted molar refractivity (Wildman–Crippen MR) is 149 cm³/mol. The first-order chi connectivity index (χ1) is 19.4. The third-order valence-electron chi connectivity index (χ3n) is 6.66. The van der Waals surface area contributed by atoms with Gasteiger partial charge in [0.25, 0.3) is 0 Å². The molecule has 3 aromatic carbocycles. The van der Waals surface area contributed by atoms with E-state index in [4.69, 9.17) is 15.2 Å². The molecule has 0 fully saturated rings. The molecular formula is C31H20FN5O3. The van der Waals surface area contributed by atoms with Crippen LogP contribution < -0.4 is 11.4 Å². The van der Waals surface area contributed by atoms with Crippen molar-refractivity contribution in [1.29, 1.82) is 5.26 Å². The van der Waals surface area contributed by atoms with Crippen LogP contribution in [0.15, 0.2) is 94.3 Å². The fraction of sp³-hybridized carbons (Fsp3) is 0.0323. The number of hydrogen-bond acceptors (Lipinski definition) is 7. The first-order valence-electron chi connectivity index (χ1n) is 12.2. The molecule has 6 rings (SSSR count). The molecule has 3 N–H and O–H groups in total. The summed E-state index contributed by atoms with van der Waals surface area (Å²) in [5.41, 5.74) is 8.89. The zero-order chi connectivity index (χ0) is 28.0. The second-order valence-corrected chi connectivity index (χ2v) is 9.17. The van der Waals surface area contributed by atoms with Crippen LogP contribution >= 0.6 is 0 Å². The lowest BCUT2D eigenvalue weighted by atomic mass is 9.96. The second kappa shape index (κ2) is 9.53. The molecule has 0 saturated carbocycles. The molecule has 6 aromatic rings. The molecule has 3 aromatic heterocycles. The van der Waals surface area contributed by atoms with Crippen LogP contribution in [0, 0.1) is 24.1 Å². The van der Waals surface area contributed by atoms with Gasteiger partial charge in [0.2, 0.25) is 0 Å². The number of nitriles is 1. The predicted octanol–water partition coefficient (Wildman–Crippen LogP) is 5.98. The average Bonchev–Trinajstić information content (AvgIpc) is 3.40. The highest BCUT2D eigenvalue weighted by molar-refractivity contribution is 5.93. The molecule has 9 heteroatoms. The van der Waals surface area contributed by atoms with Crippen molar-refractivity contribution in [2.45, 2.75) is 6.92 Å². The van der Waals surface area contributed by atoms with Crippen LogP contribution in [0.4, 0.5) is 10.2 Å². The summed E-state index contributed by atoms with van der Waals surface area (Å²) in [6.45, 7) is 1.77. The maximum atomic E-state index is 13.8. The average molecular weight is 530 g/mol. The van der Waals surface area contributed by atoms with Crippen LogP contribution in [0.3, 0.4) is 0 Å². The molecule has 0 aliphatic rings. The Balaban J connectivity index is 1.64. The van der Waals surface area contributed by atoms with Crippen molar-refractivity contribution in [3.63, 3.8) is 0 Å². The van der Waals surface area contributed by atoms with Crippen molar-refractivity contribution in [3.8, 4) is 51.1 Å². The number of aromatic nitrogens is 3. The van der Waals surface area contributed by atoms with E-state index in [9.17, 15) is 19.6 Å². The lowest BCUT2D eigenvalue weighted by Crippen LogP contribution is -2.08. The molecule has 40 heavy (non-hydrogen) atoms. The Bertz CT molecular complexity index is 2020. The highest BCUT2D eigenvalue weighted by atomic mass is 19.1. The van der Waals surface area contributed by atoms with Gasteiger partial charge in [0.1, 0.15) is 45.9 Å². The van der Waals surface area contributed by atoms with E-state index in [1.807, 2.05) is 30.3 Å². The van der Waals surface area contributed by atoms with Crippen molar-refractivity contribution in [2.24, 2.45) is 0 Å². The number of benzene rings is 3. The summed E-state index contributed by atoms with van der Waals surface area (Å²) in [4.78, 5) is 17.4. The zero-order valence-corrected chi connectivity index (χ0v) is 21.1. The summed E-state index contributed by atoms with van der Waals surface area (Å²) in [5, 5.41) is 26.3. The number of anilines is 1. The van der Waals surface area contributed by atoms with E-state index in [-0.39, 0.29) is 34.0 Å². The topological polar surface area (TPSA) is 131 Å². The zero-order valence-electron chi connectivity index (χ0n) is 21.1. The Morgan fingerprint density at radius 2 is 1.77 bits per heavy atom.